The minimum atomic E-state index is 0.0629. The Labute approximate surface area is 114 Å². The van der Waals surface area contributed by atoms with Crippen molar-refractivity contribution in [3.63, 3.8) is 0 Å². The highest BCUT2D eigenvalue weighted by Crippen LogP contribution is 2.12. The van der Waals surface area contributed by atoms with Gasteiger partial charge in [0.2, 0.25) is 0 Å². The van der Waals surface area contributed by atoms with E-state index >= 15 is 0 Å². The maximum atomic E-state index is 12.0. The molecule has 104 valence electrons. The number of nitrogens with one attached hydrogen (secondary N) is 1. The molecular formula is C15H22N2O2. The lowest BCUT2D eigenvalue weighted by Crippen LogP contribution is -2.52. The van der Waals surface area contributed by atoms with Gasteiger partial charge < -0.3 is 15.0 Å². The lowest BCUT2D eigenvalue weighted by atomic mass is 10.2. The van der Waals surface area contributed by atoms with E-state index in [0.29, 0.717) is 6.04 Å². The van der Waals surface area contributed by atoms with Crippen LogP contribution >= 0.6 is 0 Å². The zero-order valence-corrected chi connectivity index (χ0v) is 11.7. The summed E-state index contributed by atoms with van der Waals surface area (Å²) in [5, 5.41) is 3.32. The number of rotatable bonds is 4. The Morgan fingerprint density at radius 1 is 1.42 bits per heavy atom. The molecule has 1 aliphatic rings. The molecular weight excluding hydrogens is 240 g/mol. The number of aryl methyl sites for hydroxylation is 1. The second-order valence-electron chi connectivity index (χ2n) is 4.98. The van der Waals surface area contributed by atoms with Crippen LogP contribution in [0.2, 0.25) is 0 Å². The molecule has 2 rings (SSSR count). The van der Waals surface area contributed by atoms with Crippen molar-refractivity contribution >= 4 is 5.91 Å². The summed E-state index contributed by atoms with van der Waals surface area (Å²) in [6.45, 7) is 6.71. The standard InChI is InChI=1S/C15H22N2O2/c1-3-13-4-6-14(7-5-13)19-11-15(18)17-9-8-16-12(2)10-17/h4-7,12,16H,3,8-11H2,1-2H3. The molecule has 1 aromatic carbocycles. The van der Waals surface area contributed by atoms with E-state index in [0.717, 1.165) is 31.8 Å². The molecule has 1 amide bonds. The van der Waals surface area contributed by atoms with Gasteiger partial charge in [0.1, 0.15) is 5.75 Å². The summed E-state index contributed by atoms with van der Waals surface area (Å²) in [4.78, 5) is 13.9. The van der Waals surface area contributed by atoms with Gasteiger partial charge in [-0.15, -0.1) is 0 Å². The summed E-state index contributed by atoms with van der Waals surface area (Å²) < 4.78 is 5.54. The van der Waals surface area contributed by atoms with Gasteiger partial charge in [0.15, 0.2) is 6.61 Å². The molecule has 4 heteroatoms. The number of nitrogens with zero attached hydrogens (tertiary/aromatic N) is 1. The van der Waals surface area contributed by atoms with Crippen molar-refractivity contribution in [3.05, 3.63) is 29.8 Å². The van der Waals surface area contributed by atoms with Crippen LogP contribution in [0.1, 0.15) is 19.4 Å². The summed E-state index contributed by atoms with van der Waals surface area (Å²) in [7, 11) is 0. The fraction of sp³-hybridized carbons (Fsp3) is 0.533. The SMILES string of the molecule is CCc1ccc(OCC(=O)N2CCNC(C)C2)cc1. The molecule has 1 saturated heterocycles. The number of ether oxygens (including phenoxy) is 1. The fourth-order valence-corrected chi connectivity index (χ4v) is 2.22. The molecule has 0 aliphatic carbocycles. The average Bonchev–Trinajstić information content (AvgIpc) is 2.45. The molecule has 4 nitrogen and oxygen atoms in total. The predicted molar refractivity (Wildman–Crippen MR) is 75.4 cm³/mol. The Kier molecular flexibility index (Phi) is 4.80. The van der Waals surface area contributed by atoms with E-state index in [1.165, 1.54) is 5.56 Å². The summed E-state index contributed by atoms with van der Waals surface area (Å²) in [6, 6.07) is 8.28. The van der Waals surface area contributed by atoms with E-state index in [1.807, 2.05) is 29.2 Å². The molecule has 0 spiro atoms. The first-order valence-electron chi connectivity index (χ1n) is 6.92. The molecule has 0 bridgehead atoms. The van der Waals surface area contributed by atoms with E-state index in [2.05, 4.69) is 19.2 Å². The Balaban J connectivity index is 1.82. The third kappa shape index (κ3) is 3.96. The zero-order chi connectivity index (χ0) is 13.7. The van der Waals surface area contributed by atoms with Gasteiger partial charge >= 0.3 is 0 Å². The molecule has 1 unspecified atom stereocenters. The fourth-order valence-electron chi connectivity index (χ4n) is 2.22. The highest BCUT2D eigenvalue weighted by Gasteiger charge is 2.20. The smallest absolute Gasteiger partial charge is 0.260 e. The van der Waals surface area contributed by atoms with Crippen molar-refractivity contribution < 1.29 is 9.53 Å². The monoisotopic (exact) mass is 262 g/mol. The highest BCUT2D eigenvalue weighted by atomic mass is 16.5. The number of amides is 1. The summed E-state index contributed by atoms with van der Waals surface area (Å²) >= 11 is 0. The third-order valence-corrected chi connectivity index (χ3v) is 3.42. The van der Waals surface area contributed by atoms with Crippen LogP contribution in [0.15, 0.2) is 24.3 Å². The number of hydrogen-bond donors (Lipinski definition) is 1. The molecule has 1 aliphatic heterocycles. The first-order chi connectivity index (χ1) is 9.19. The molecule has 19 heavy (non-hydrogen) atoms. The van der Waals surface area contributed by atoms with Crippen LogP contribution in [0.25, 0.3) is 0 Å². The van der Waals surface area contributed by atoms with Crippen molar-refractivity contribution in [1.29, 1.82) is 0 Å². The van der Waals surface area contributed by atoms with Gasteiger partial charge in [-0.1, -0.05) is 19.1 Å². The van der Waals surface area contributed by atoms with Crippen LogP contribution < -0.4 is 10.1 Å². The summed E-state index contributed by atoms with van der Waals surface area (Å²) in [5.74, 6) is 0.821. The van der Waals surface area contributed by atoms with Crippen molar-refractivity contribution in [1.82, 2.24) is 10.2 Å². The molecule has 0 saturated carbocycles. The van der Waals surface area contributed by atoms with E-state index in [9.17, 15) is 4.79 Å². The predicted octanol–water partition coefficient (Wildman–Crippen LogP) is 1.45. The Bertz CT molecular complexity index is 417. The van der Waals surface area contributed by atoms with Gasteiger partial charge in [-0.3, -0.25) is 4.79 Å². The van der Waals surface area contributed by atoms with Crippen molar-refractivity contribution in [2.45, 2.75) is 26.3 Å². The molecule has 0 radical (unpaired) electrons. The van der Waals surface area contributed by atoms with Crippen LogP contribution in [0.3, 0.4) is 0 Å². The van der Waals surface area contributed by atoms with Crippen LogP contribution in [-0.4, -0.2) is 43.1 Å². The number of piperazine rings is 1. The average molecular weight is 262 g/mol. The lowest BCUT2D eigenvalue weighted by molar-refractivity contribution is -0.134. The molecule has 1 fully saturated rings. The molecule has 1 atom stereocenters. The van der Waals surface area contributed by atoms with Crippen LogP contribution in [0.5, 0.6) is 5.75 Å². The summed E-state index contributed by atoms with van der Waals surface area (Å²) in [6.07, 6.45) is 1.01. The molecule has 1 heterocycles. The summed E-state index contributed by atoms with van der Waals surface area (Å²) in [5.41, 5.74) is 1.27. The zero-order valence-electron chi connectivity index (χ0n) is 11.7. The number of hydrogen-bond acceptors (Lipinski definition) is 3. The van der Waals surface area contributed by atoms with E-state index in [4.69, 9.17) is 4.74 Å². The van der Waals surface area contributed by atoms with Gasteiger partial charge in [-0.05, 0) is 31.0 Å². The minimum Gasteiger partial charge on any atom is -0.484 e. The highest BCUT2D eigenvalue weighted by molar-refractivity contribution is 5.78. The second-order valence-corrected chi connectivity index (χ2v) is 4.98. The van der Waals surface area contributed by atoms with Crippen LogP contribution in [-0.2, 0) is 11.2 Å². The maximum Gasteiger partial charge on any atom is 0.260 e. The quantitative estimate of drug-likeness (QED) is 0.893. The molecule has 1 N–H and O–H groups in total. The van der Waals surface area contributed by atoms with Gasteiger partial charge in [0, 0.05) is 25.7 Å². The largest absolute Gasteiger partial charge is 0.484 e. The van der Waals surface area contributed by atoms with Crippen molar-refractivity contribution in [2.75, 3.05) is 26.2 Å². The van der Waals surface area contributed by atoms with Crippen LogP contribution in [0.4, 0.5) is 0 Å². The lowest BCUT2D eigenvalue weighted by Gasteiger charge is -2.31. The van der Waals surface area contributed by atoms with Crippen molar-refractivity contribution in [2.24, 2.45) is 0 Å². The maximum absolute atomic E-state index is 12.0. The second kappa shape index (κ2) is 6.57. The Hall–Kier alpha value is -1.55. The number of carbonyl (C=O) groups is 1. The van der Waals surface area contributed by atoms with Gasteiger partial charge in [-0.25, -0.2) is 0 Å². The van der Waals surface area contributed by atoms with Crippen LogP contribution in [0, 0.1) is 0 Å². The van der Waals surface area contributed by atoms with E-state index in [-0.39, 0.29) is 12.5 Å². The van der Waals surface area contributed by atoms with E-state index < -0.39 is 0 Å². The third-order valence-electron chi connectivity index (χ3n) is 3.42. The normalized spacial score (nSPS) is 19.3. The first-order valence-corrected chi connectivity index (χ1v) is 6.92. The number of benzene rings is 1. The Morgan fingerprint density at radius 3 is 2.79 bits per heavy atom. The van der Waals surface area contributed by atoms with Gasteiger partial charge in [0.05, 0.1) is 0 Å². The molecule has 1 aromatic rings. The van der Waals surface area contributed by atoms with Gasteiger partial charge in [-0.2, -0.15) is 0 Å². The Morgan fingerprint density at radius 2 is 2.16 bits per heavy atom. The first kappa shape index (κ1) is 13.9. The number of carbonyl (C=O) groups excluding carboxylic acids is 1. The topological polar surface area (TPSA) is 41.6 Å². The van der Waals surface area contributed by atoms with E-state index in [1.54, 1.807) is 0 Å². The minimum absolute atomic E-state index is 0.0629. The molecule has 0 aromatic heterocycles. The van der Waals surface area contributed by atoms with Crippen molar-refractivity contribution in [3.8, 4) is 5.75 Å². The van der Waals surface area contributed by atoms with Gasteiger partial charge in [0.25, 0.3) is 5.91 Å².